The molecule has 0 heterocycles. The SMILES string of the molecule is N/C(=N\O)c1ccc(Oc2ccc([N+](=O)[O-])cc2)c(F)c1. The lowest BCUT2D eigenvalue weighted by molar-refractivity contribution is -0.384. The molecular weight excluding hydrogens is 281 g/mol. The van der Waals surface area contributed by atoms with Gasteiger partial charge in [-0.1, -0.05) is 5.16 Å². The normalized spacial score (nSPS) is 11.2. The predicted molar refractivity (Wildman–Crippen MR) is 72.1 cm³/mol. The third kappa shape index (κ3) is 3.24. The molecule has 0 aliphatic rings. The number of nitro groups is 1. The van der Waals surface area contributed by atoms with Gasteiger partial charge in [0.2, 0.25) is 0 Å². The molecular formula is C13H10FN3O4. The molecule has 0 aliphatic carbocycles. The van der Waals surface area contributed by atoms with Gasteiger partial charge < -0.3 is 15.7 Å². The van der Waals surface area contributed by atoms with Crippen LogP contribution in [0.1, 0.15) is 5.56 Å². The van der Waals surface area contributed by atoms with E-state index in [1.165, 1.54) is 36.4 Å². The van der Waals surface area contributed by atoms with E-state index in [1.54, 1.807) is 0 Å². The molecule has 2 rings (SSSR count). The number of halogens is 1. The van der Waals surface area contributed by atoms with Crippen molar-refractivity contribution in [1.29, 1.82) is 0 Å². The van der Waals surface area contributed by atoms with E-state index >= 15 is 0 Å². The lowest BCUT2D eigenvalue weighted by Crippen LogP contribution is -2.13. The van der Waals surface area contributed by atoms with Crippen LogP contribution >= 0.6 is 0 Å². The Bertz CT molecular complexity index is 701. The van der Waals surface area contributed by atoms with E-state index in [9.17, 15) is 14.5 Å². The first-order valence-electron chi connectivity index (χ1n) is 5.71. The Morgan fingerprint density at radius 1 is 1.29 bits per heavy atom. The number of rotatable bonds is 4. The monoisotopic (exact) mass is 291 g/mol. The van der Waals surface area contributed by atoms with Crippen molar-refractivity contribution < 1.29 is 19.3 Å². The second-order valence-corrected chi connectivity index (χ2v) is 3.98. The van der Waals surface area contributed by atoms with Gasteiger partial charge in [-0.05, 0) is 30.3 Å². The molecule has 0 spiro atoms. The third-order valence-electron chi connectivity index (χ3n) is 2.61. The summed E-state index contributed by atoms with van der Waals surface area (Å²) < 4.78 is 19.1. The van der Waals surface area contributed by atoms with E-state index in [4.69, 9.17) is 15.7 Å². The minimum absolute atomic E-state index is 0.0849. The molecule has 0 aromatic heterocycles. The summed E-state index contributed by atoms with van der Waals surface area (Å²) in [7, 11) is 0. The summed E-state index contributed by atoms with van der Waals surface area (Å²) in [5, 5.41) is 21.8. The van der Waals surface area contributed by atoms with Gasteiger partial charge in [-0.2, -0.15) is 0 Å². The van der Waals surface area contributed by atoms with Gasteiger partial charge >= 0.3 is 0 Å². The lowest BCUT2D eigenvalue weighted by Gasteiger charge is -2.07. The molecule has 0 saturated heterocycles. The van der Waals surface area contributed by atoms with Crippen LogP contribution in [-0.2, 0) is 0 Å². The maximum atomic E-state index is 13.8. The Balaban J connectivity index is 2.21. The summed E-state index contributed by atoms with van der Waals surface area (Å²) in [6.45, 7) is 0. The molecule has 0 saturated carbocycles. The van der Waals surface area contributed by atoms with Crippen LogP contribution < -0.4 is 10.5 Å². The maximum Gasteiger partial charge on any atom is 0.269 e. The maximum absolute atomic E-state index is 13.8. The number of nitro benzene ring substituents is 1. The van der Waals surface area contributed by atoms with Crippen LogP contribution in [0, 0.1) is 15.9 Å². The summed E-state index contributed by atoms with van der Waals surface area (Å²) in [4.78, 5) is 9.97. The largest absolute Gasteiger partial charge is 0.454 e. The summed E-state index contributed by atoms with van der Waals surface area (Å²) in [5.41, 5.74) is 5.45. The number of amidine groups is 1. The van der Waals surface area contributed by atoms with Crippen molar-refractivity contribution in [3.05, 3.63) is 64.0 Å². The topological polar surface area (TPSA) is 111 Å². The van der Waals surface area contributed by atoms with Crippen molar-refractivity contribution in [2.75, 3.05) is 0 Å². The number of hydrogen-bond donors (Lipinski definition) is 2. The summed E-state index contributed by atoms with van der Waals surface area (Å²) >= 11 is 0. The zero-order valence-corrected chi connectivity index (χ0v) is 10.6. The second kappa shape index (κ2) is 5.87. The number of benzene rings is 2. The van der Waals surface area contributed by atoms with Gasteiger partial charge in [0.25, 0.3) is 5.69 Å². The summed E-state index contributed by atoms with van der Waals surface area (Å²) in [5.74, 6) is -0.775. The van der Waals surface area contributed by atoms with E-state index in [0.29, 0.717) is 0 Å². The van der Waals surface area contributed by atoms with E-state index in [1.807, 2.05) is 0 Å². The van der Waals surface area contributed by atoms with Gasteiger partial charge in [0.05, 0.1) is 4.92 Å². The Kier molecular flexibility index (Phi) is 3.98. The first kappa shape index (κ1) is 14.3. The van der Waals surface area contributed by atoms with Crippen molar-refractivity contribution in [3.8, 4) is 11.5 Å². The highest BCUT2D eigenvalue weighted by Crippen LogP contribution is 2.26. The minimum Gasteiger partial charge on any atom is -0.454 e. The molecule has 0 fully saturated rings. The van der Waals surface area contributed by atoms with Gasteiger partial charge in [-0.25, -0.2) is 4.39 Å². The first-order chi connectivity index (χ1) is 10.0. The van der Waals surface area contributed by atoms with Crippen LogP contribution in [-0.4, -0.2) is 16.0 Å². The van der Waals surface area contributed by atoms with Crippen LogP contribution in [0.5, 0.6) is 11.5 Å². The van der Waals surface area contributed by atoms with Crippen LogP contribution in [0.4, 0.5) is 10.1 Å². The van der Waals surface area contributed by atoms with E-state index in [-0.39, 0.29) is 28.6 Å². The van der Waals surface area contributed by atoms with E-state index < -0.39 is 10.7 Å². The van der Waals surface area contributed by atoms with Crippen LogP contribution in [0.3, 0.4) is 0 Å². The number of oxime groups is 1. The zero-order chi connectivity index (χ0) is 15.4. The molecule has 0 amide bonds. The second-order valence-electron chi connectivity index (χ2n) is 3.98. The molecule has 0 atom stereocenters. The molecule has 0 unspecified atom stereocenters. The molecule has 0 radical (unpaired) electrons. The minimum atomic E-state index is -0.711. The van der Waals surface area contributed by atoms with Gasteiger partial charge in [0.1, 0.15) is 5.75 Å². The summed E-state index contributed by atoms with van der Waals surface area (Å²) in [6.07, 6.45) is 0. The van der Waals surface area contributed by atoms with Crippen molar-refractivity contribution in [2.24, 2.45) is 10.9 Å². The smallest absolute Gasteiger partial charge is 0.269 e. The highest BCUT2D eigenvalue weighted by molar-refractivity contribution is 5.97. The van der Waals surface area contributed by atoms with Crippen LogP contribution in [0.25, 0.3) is 0 Å². The number of hydrogen-bond acceptors (Lipinski definition) is 5. The van der Waals surface area contributed by atoms with Crippen LogP contribution in [0.15, 0.2) is 47.6 Å². The van der Waals surface area contributed by atoms with Crippen LogP contribution in [0.2, 0.25) is 0 Å². The fraction of sp³-hybridized carbons (Fsp3) is 0. The Morgan fingerprint density at radius 3 is 2.48 bits per heavy atom. The Morgan fingerprint density at radius 2 is 1.95 bits per heavy atom. The number of nitrogens with two attached hydrogens (primary N) is 1. The first-order valence-corrected chi connectivity index (χ1v) is 5.71. The van der Waals surface area contributed by atoms with Crippen molar-refractivity contribution in [2.45, 2.75) is 0 Å². The molecule has 0 aliphatic heterocycles. The molecule has 3 N–H and O–H groups in total. The average Bonchev–Trinajstić information content (AvgIpc) is 2.49. The molecule has 2 aromatic carbocycles. The van der Waals surface area contributed by atoms with Crippen molar-refractivity contribution >= 4 is 11.5 Å². The third-order valence-corrected chi connectivity index (χ3v) is 2.61. The van der Waals surface area contributed by atoms with Gasteiger partial charge in [-0.3, -0.25) is 10.1 Å². The quantitative estimate of drug-likeness (QED) is 0.296. The fourth-order valence-corrected chi connectivity index (χ4v) is 1.56. The highest BCUT2D eigenvalue weighted by atomic mass is 19.1. The predicted octanol–water partition coefficient (Wildman–Crippen LogP) is 2.62. The fourth-order valence-electron chi connectivity index (χ4n) is 1.56. The van der Waals surface area contributed by atoms with Gasteiger partial charge in [-0.15, -0.1) is 0 Å². The standard InChI is InChI=1S/C13H10FN3O4/c14-11-7-8(13(15)16-18)1-6-12(11)21-10-4-2-9(3-5-10)17(19)20/h1-7,18H,(H2,15,16). The number of nitrogens with zero attached hydrogens (tertiary/aromatic N) is 2. The highest BCUT2D eigenvalue weighted by Gasteiger charge is 2.10. The van der Waals surface area contributed by atoms with Gasteiger partial charge in [0.15, 0.2) is 17.4 Å². The molecule has 2 aromatic rings. The number of ether oxygens (including phenoxy) is 1. The van der Waals surface area contributed by atoms with Crippen molar-refractivity contribution in [3.63, 3.8) is 0 Å². The Hall–Kier alpha value is -3.16. The zero-order valence-electron chi connectivity index (χ0n) is 10.6. The molecule has 108 valence electrons. The molecule has 7 nitrogen and oxygen atoms in total. The molecule has 21 heavy (non-hydrogen) atoms. The summed E-state index contributed by atoms with van der Waals surface area (Å²) in [6, 6.07) is 8.98. The number of non-ortho nitro benzene ring substituents is 1. The lowest BCUT2D eigenvalue weighted by atomic mass is 10.2. The molecule has 8 heteroatoms. The van der Waals surface area contributed by atoms with E-state index in [0.717, 1.165) is 6.07 Å². The molecule has 0 bridgehead atoms. The average molecular weight is 291 g/mol. The van der Waals surface area contributed by atoms with E-state index in [2.05, 4.69) is 5.16 Å². The Labute approximate surface area is 118 Å². The van der Waals surface area contributed by atoms with Gasteiger partial charge in [0, 0.05) is 17.7 Å². The van der Waals surface area contributed by atoms with Crippen molar-refractivity contribution in [1.82, 2.24) is 0 Å².